The predicted octanol–water partition coefficient (Wildman–Crippen LogP) is 4.59. The lowest BCUT2D eigenvalue weighted by Crippen LogP contribution is -2.45. The molecule has 2 fully saturated rings. The number of rotatable bonds is 2. The number of hydrogen-bond acceptors (Lipinski definition) is 4. The zero-order valence-electron chi connectivity index (χ0n) is 18.4. The summed E-state index contributed by atoms with van der Waals surface area (Å²) in [5, 5.41) is 2.69. The molecule has 0 atom stereocenters. The lowest BCUT2D eigenvalue weighted by Gasteiger charge is -2.39. The van der Waals surface area contributed by atoms with Crippen LogP contribution in [0.15, 0.2) is 42.5 Å². The number of nitrogens with zero attached hydrogens (tertiary/aromatic N) is 2. The Bertz CT molecular complexity index is 1100. The second-order valence-electron chi connectivity index (χ2n) is 9.04. The highest BCUT2D eigenvalue weighted by Gasteiger charge is 2.43. The lowest BCUT2D eigenvalue weighted by molar-refractivity contribution is -0.137. The van der Waals surface area contributed by atoms with Crippen LogP contribution < -0.4 is 14.8 Å². The molecule has 0 saturated carbocycles. The monoisotopic (exact) mass is 475 g/mol. The average Bonchev–Trinajstić information content (AvgIpc) is 3.46. The second kappa shape index (κ2) is 8.41. The van der Waals surface area contributed by atoms with Crippen molar-refractivity contribution in [2.75, 3.05) is 38.3 Å². The van der Waals surface area contributed by atoms with Gasteiger partial charge in [0.1, 0.15) is 0 Å². The maximum absolute atomic E-state index is 12.9. The predicted molar refractivity (Wildman–Crippen MR) is 117 cm³/mol. The van der Waals surface area contributed by atoms with Crippen LogP contribution in [0, 0.1) is 5.41 Å². The highest BCUT2D eigenvalue weighted by molar-refractivity contribution is 5.95. The first-order chi connectivity index (χ1) is 16.2. The molecular weight excluding hydrogens is 451 g/mol. The van der Waals surface area contributed by atoms with Crippen molar-refractivity contribution in [3.05, 3.63) is 53.6 Å². The van der Waals surface area contributed by atoms with Crippen molar-refractivity contribution in [1.82, 2.24) is 9.80 Å². The number of benzene rings is 2. The number of urea groups is 1. The number of piperidine rings is 1. The summed E-state index contributed by atoms with van der Waals surface area (Å²) >= 11 is 0. The van der Waals surface area contributed by atoms with E-state index >= 15 is 0 Å². The van der Waals surface area contributed by atoms with Crippen molar-refractivity contribution in [1.29, 1.82) is 0 Å². The molecular formula is C24H24F3N3O4. The van der Waals surface area contributed by atoms with E-state index in [1.54, 1.807) is 23.1 Å². The van der Waals surface area contributed by atoms with Gasteiger partial charge in [-0.3, -0.25) is 4.79 Å². The van der Waals surface area contributed by atoms with Gasteiger partial charge in [0.05, 0.1) is 5.56 Å². The van der Waals surface area contributed by atoms with Gasteiger partial charge in [0.2, 0.25) is 6.79 Å². The Morgan fingerprint density at radius 1 is 0.882 bits per heavy atom. The van der Waals surface area contributed by atoms with Crippen molar-refractivity contribution >= 4 is 17.6 Å². The Morgan fingerprint density at radius 3 is 2.21 bits per heavy atom. The number of amides is 3. The third-order valence-corrected chi connectivity index (χ3v) is 6.92. The summed E-state index contributed by atoms with van der Waals surface area (Å²) in [6, 6.07) is 9.28. The van der Waals surface area contributed by atoms with E-state index in [9.17, 15) is 22.8 Å². The van der Waals surface area contributed by atoms with Crippen LogP contribution in [0.1, 0.15) is 35.2 Å². The van der Waals surface area contributed by atoms with E-state index in [-0.39, 0.29) is 24.1 Å². The molecule has 0 bridgehead atoms. The Hall–Kier alpha value is -3.43. The normalized spacial score (nSPS) is 18.9. The molecule has 3 amide bonds. The first-order valence-electron chi connectivity index (χ1n) is 11.1. The minimum atomic E-state index is -4.41. The van der Waals surface area contributed by atoms with Crippen LogP contribution in [0.3, 0.4) is 0 Å². The first kappa shape index (κ1) is 22.4. The van der Waals surface area contributed by atoms with Gasteiger partial charge in [-0.2, -0.15) is 13.2 Å². The Kier molecular flexibility index (Phi) is 5.53. The molecule has 34 heavy (non-hydrogen) atoms. The van der Waals surface area contributed by atoms with E-state index in [2.05, 4.69) is 5.32 Å². The highest BCUT2D eigenvalue weighted by atomic mass is 19.4. The third kappa shape index (κ3) is 4.36. The molecule has 3 aliphatic heterocycles. The number of alkyl halides is 3. The third-order valence-electron chi connectivity index (χ3n) is 6.92. The van der Waals surface area contributed by atoms with Crippen molar-refractivity contribution in [3.63, 3.8) is 0 Å². The van der Waals surface area contributed by atoms with E-state index in [0.29, 0.717) is 48.9 Å². The lowest BCUT2D eigenvalue weighted by atomic mass is 9.77. The van der Waals surface area contributed by atoms with E-state index < -0.39 is 11.7 Å². The summed E-state index contributed by atoms with van der Waals surface area (Å²) in [6.45, 7) is 2.49. The number of likely N-dealkylation sites (tertiary alicyclic amines) is 2. The van der Waals surface area contributed by atoms with E-state index in [4.69, 9.17) is 9.47 Å². The van der Waals surface area contributed by atoms with Crippen LogP contribution in [-0.4, -0.2) is 54.7 Å². The second-order valence-corrected chi connectivity index (χ2v) is 9.04. The summed E-state index contributed by atoms with van der Waals surface area (Å²) in [5.41, 5.74) is 0.0725. The van der Waals surface area contributed by atoms with Gasteiger partial charge < -0.3 is 24.6 Å². The van der Waals surface area contributed by atoms with E-state index in [0.717, 1.165) is 31.4 Å². The molecule has 7 nitrogen and oxygen atoms in total. The quantitative estimate of drug-likeness (QED) is 0.690. The van der Waals surface area contributed by atoms with Gasteiger partial charge in [-0.15, -0.1) is 0 Å². The van der Waals surface area contributed by atoms with Gasteiger partial charge in [-0.05, 0) is 67.1 Å². The largest absolute Gasteiger partial charge is 0.454 e. The van der Waals surface area contributed by atoms with Gasteiger partial charge >= 0.3 is 12.2 Å². The zero-order valence-corrected chi connectivity index (χ0v) is 18.4. The summed E-state index contributed by atoms with van der Waals surface area (Å²) in [4.78, 5) is 29.2. The molecule has 5 rings (SSSR count). The topological polar surface area (TPSA) is 71.1 Å². The molecule has 180 valence electrons. The molecule has 0 aromatic heterocycles. The van der Waals surface area contributed by atoms with Crippen molar-refractivity contribution in [2.45, 2.75) is 25.4 Å². The molecule has 2 aromatic carbocycles. The highest BCUT2D eigenvalue weighted by Crippen LogP contribution is 2.41. The van der Waals surface area contributed by atoms with Crippen molar-refractivity contribution < 1.29 is 32.2 Å². The number of nitrogens with one attached hydrogen (secondary N) is 1. The van der Waals surface area contributed by atoms with Gasteiger partial charge in [-0.25, -0.2) is 4.79 Å². The maximum Gasteiger partial charge on any atom is 0.416 e. The Morgan fingerprint density at radius 2 is 1.53 bits per heavy atom. The first-order valence-corrected chi connectivity index (χ1v) is 11.1. The minimum Gasteiger partial charge on any atom is -0.454 e. The Labute approximate surface area is 194 Å². The van der Waals surface area contributed by atoms with Crippen LogP contribution in [0.25, 0.3) is 0 Å². The molecule has 10 heteroatoms. The number of carbonyl (C=O) groups is 2. The summed E-state index contributed by atoms with van der Waals surface area (Å²) < 4.78 is 48.8. The molecule has 1 spiro atoms. The van der Waals surface area contributed by atoms with Crippen molar-refractivity contribution in [2.24, 2.45) is 5.41 Å². The fourth-order valence-electron chi connectivity index (χ4n) is 4.86. The molecule has 0 radical (unpaired) electrons. The van der Waals surface area contributed by atoms with Crippen LogP contribution in [0.2, 0.25) is 0 Å². The number of halogens is 3. The standard InChI is InChI=1S/C24H24F3N3O4/c25-24(26,27)17-2-4-18(5-3-17)28-22(32)30-12-9-23(14-30)7-10-29(11-8-23)21(31)16-1-6-19-20(13-16)34-15-33-19/h1-6,13H,7-12,14-15H2,(H,28,32). The average molecular weight is 475 g/mol. The fraction of sp³-hybridized carbons (Fsp3) is 0.417. The minimum absolute atomic E-state index is 0.0524. The van der Waals surface area contributed by atoms with Gasteiger partial charge in [0, 0.05) is 37.4 Å². The SMILES string of the molecule is O=C(Nc1ccc(C(F)(F)F)cc1)N1CCC2(CCN(C(=O)c3ccc4c(c3)OCO4)CC2)C1. The van der Waals surface area contributed by atoms with Crippen LogP contribution >= 0.6 is 0 Å². The summed E-state index contributed by atoms with van der Waals surface area (Å²) in [6.07, 6.45) is -2.01. The van der Waals surface area contributed by atoms with Gasteiger partial charge in [-0.1, -0.05) is 0 Å². The Balaban J connectivity index is 1.15. The smallest absolute Gasteiger partial charge is 0.416 e. The summed E-state index contributed by atoms with van der Waals surface area (Å²) in [5.74, 6) is 1.16. The number of carbonyl (C=O) groups excluding carboxylic acids is 2. The van der Waals surface area contributed by atoms with Crippen LogP contribution in [0.5, 0.6) is 11.5 Å². The number of hydrogen-bond donors (Lipinski definition) is 1. The molecule has 2 aromatic rings. The zero-order chi connectivity index (χ0) is 23.9. The number of ether oxygens (including phenoxy) is 2. The fourth-order valence-corrected chi connectivity index (χ4v) is 4.86. The molecule has 0 unspecified atom stereocenters. The van der Waals surface area contributed by atoms with E-state index in [1.807, 2.05) is 4.90 Å². The summed E-state index contributed by atoms with van der Waals surface area (Å²) in [7, 11) is 0. The van der Waals surface area contributed by atoms with Crippen LogP contribution in [-0.2, 0) is 6.18 Å². The van der Waals surface area contributed by atoms with E-state index in [1.165, 1.54) is 12.1 Å². The molecule has 1 N–H and O–H groups in total. The number of fused-ring (bicyclic) bond motifs is 1. The van der Waals surface area contributed by atoms with Crippen LogP contribution in [0.4, 0.5) is 23.7 Å². The number of anilines is 1. The van der Waals surface area contributed by atoms with Gasteiger partial charge in [0.15, 0.2) is 11.5 Å². The van der Waals surface area contributed by atoms with Crippen molar-refractivity contribution in [3.8, 4) is 11.5 Å². The molecule has 2 saturated heterocycles. The molecule has 3 aliphatic rings. The van der Waals surface area contributed by atoms with Gasteiger partial charge in [0.25, 0.3) is 5.91 Å². The molecule has 3 heterocycles. The maximum atomic E-state index is 12.9. The molecule has 0 aliphatic carbocycles.